The van der Waals surface area contributed by atoms with Gasteiger partial charge in [-0.15, -0.1) is 0 Å². The van der Waals surface area contributed by atoms with Crippen molar-refractivity contribution in [3.05, 3.63) is 17.5 Å². The van der Waals surface area contributed by atoms with Gasteiger partial charge in [-0.2, -0.15) is 17.8 Å². The molecule has 1 heterocycles. The second-order valence-electron chi connectivity index (χ2n) is 3.20. The van der Waals surface area contributed by atoms with Crippen LogP contribution in [0.4, 0.5) is 0 Å². The lowest BCUT2D eigenvalue weighted by Crippen LogP contribution is -2.33. The molecule has 1 rings (SSSR count). The second-order valence-corrected chi connectivity index (χ2v) is 4.85. The van der Waals surface area contributed by atoms with Gasteiger partial charge in [0.05, 0.1) is 17.9 Å². The first kappa shape index (κ1) is 11.2. The third kappa shape index (κ3) is 2.53. The first-order valence-electron chi connectivity index (χ1n) is 4.04. The highest BCUT2D eigenvalue weighted by atomic mass is 32.2. The first-order valence-corrected chi connectivity index (χ1v) is 5.54. The van der Waals surface area contributed by atoms with Gasteiger partial charge in [0.2, 0.25) is 0 Å². The van der Waals surface area contributed by atoms with Crippen molar-refractivity contribution in [1.29, 1.82) is 0 Å². The molecule has 2 N–H and O–H groups in total. The van der Waals surface area contributed by atoms with Crippen molar-refractivity contribution in [2.45, 2.75) is 13.5 Å². The average molecular weight is 218 g/mol. The maximum absolute atomic E-state index is 10.9. The predicted octanol–water partition coefficient (Wildman–Crippen LogP) is -0.636. The smallest absolute Gasteiger partial charge is 0.271 e. The molecule has 0 fully saturated rings. The van der Waals surface area contributed by atoms with Gasteiger partial charge in [-0.05, 0) is 13.0 Å². The van der Waals surface area contributed by atoms with Gasteiger partial charge in [-0.1, -0.05) is 0 Å². The largest absolute Gasteiger partial charge is 0.277 e. The van der Waals surface area contributed by atoms with Gasteiger partial charge in [0.25, 0.3) is 10.2 Å². The summed E-state index contributed by atoms with van der Waals surface area (Å²) in [6.45, 7) is 2.08. The molecule has 0 bridgehead atoms. The molecule has 0 spiro atoms. The minimum atomic E-state index is -3.62. The van der Waals surface area contributed by atoms with Gasteiger partial charge in [0.1, 0.15) is 0 Å². The molecule has 6 nitrogen and oxygen atoms in total. The molecule has 0 aliphatic rings. The molecule has 0 radical (unpaired) electrons. The monoisotopic (exact) mass is 218 g/mol. The van der Waals surface area contributed by atoms with Crippen LogP contribution in [-0.4, -0.2) is 29.6 Å². The minimum Gasteiger partial charge on any atom is -0.271 e. The van der Waals surface area contributed by atoms with E-state index < -0.39 is 10.2 Å². The van der Waals surface area contributed by atoms with Crippen molar-refractivity contribution >= 4 is 10.2 Å². The van der Waals surface area contributed by atoms with Crippen molar-refractivity contribution in [3.63, 3.8) is 0 Å². The number of rotatable bonds is 3. The molecule has 14 heavy (non-hydrogen) atoms. The average Bonchev–Trinajstić information content (AvgIpc) is 2.28. The number of hydrogen-bond acceptors (Lipinski definition) is 3. The lowest BCUT2D eigenvalue weighted by Gasteiger charge is -2.12. The summed E-state index contributed by atoms with van der Waals surface area (Å²) in [5.41, 5.74) is 1.66. The molecule has 0 amide bonds. The molecule has 0 aromatic carbocycles. The third-order valence-corrected chi connectivity index (χ3v) is 2.92. The van der Waals surface area contributed by atoms with Crippen LogP contribution < -0.4 is 5.14 Å². The van der Waals surface area contributed by atoms with E-state index in [4.69, 9.17) is 5.14 Å². The van der Waals surface area contributed by atoms with E-state index in [1.165, 1.54) is 7.05 Å². The summed E-state index contributed by atoms with van der Waals surface area (Å²) >= 11 is 0. The van der Waals surface area contributed by atoms with Crippen LogP contribution in [0.15, 0.2) is 6.07 Å². The predicted molar refractivity (Wildman–Crippen MR) is 52.5 cm³/mol. The lowest BCUT2D eigenvalue weighted by atomic mass is 10.4. The fourth-order valence-corrected chi connectivity index (χ4v) is 1.44. The number of hydrogen-bond donors (Lipinski definition) is 1. The summed E-state index contributed by atoms with van der Waals surface area (Å²) in [6.07, 6.45) is 0. The van der Waals surface area contributed by atoms with Crippen LogP contribution in [0.3, 0.4) is 0 Å². The molecule has 1 aromatic heterocycles. The highest BCUT2D eigenvalue weighted by Crippen LogP contribution is 2.05. The van der Waals surface area contributed by atoms with Crippen molar-refractivity contribution < 1.29 is 8.42 Å². The van der Waals surface area contributed by atoms with Crippen molar-refractivity contribution in [2.24, 2.45) is 12.2 Å². The van der Waals surface area contributed by atoms with E-state index in [9.17, 15) is 8.42 Å². The van der Waals surface area contributed by atoms with E-state index in [0.29, 0.717) is 0 Å². The van der Waals surface area contributed by atoms with Crippen LogP contribution in [-0.2, 0) is 23.8 Å². The molecule has 7 heteroatoms. The second kappa shape index (κ2) is 3.68. The maximum atomic E-state index is 10.9. The van der Waals surface area contributed by atoms with Gasteiger partial charge >= 0.3 is 0 Å². The van der Waals surface area contributed by atoms with E-state index in [1.54, 1.807) is 11.7 Å². The maximum Gasteiger partial charge on any atom is 0.277 e. The fraction of sp³-hybridized carbons (Fsp3) is 0.571. The Morgan fingerprint density at radius 3 is 2.57 bits per heavy atom. The zero-order valence-corrected chi connectivity index (χ0v) is 9.24. The molecule has 1 aromatic rings. The highest BCUT2D eigenvalue weighted by Gasteiger charge is 2.14. The number of nitrogens with two attached hydrogens (primary N) is 1. The van der Waals surface area contributed by atoms with Gasteiger partial charge in [0, 0.05) is 14.1 Å². The van der Waals surface area contributed by atoms with Gasteiger partial charge in [-0.3, -0.25) is 4.68 Å². The molecule has 0 aliphatic heterocycles. The Kier molecular flexibility index (Phi) is 2.93. The van der Waals surface area contributed by atoms with E-state index >= 15 is 0 Å². The molecule has 0 saturated carbocycles. The zero-order valence-electron chi connectivity index (χ0n) is 8.43. The normalized spacial score (nSPS) is 12.4. The van der Waals surface area contributed by atoms with Crippen molar-refractivity contribution in [2.75, 3.05) is 7.05 Å². The Balaban J connectivity index is 2.85. The van der Waals surface area contributed by atoms with Gasteiger partial charge < -0.3 is 0 Å². The molecule has 0 unspecified atom stereocenters. The summed E-state index contributed by atoms with van der Waals surface area (Å²) < 4.78 is 24.6. The van der Waals surface area contributed by atoms with Crippen molar-refractivity contribution in [3.8, 4) is 0 Å². The van der Waals surface area contributed by atoms with E-state index in [2.05, 4.69) is 5.10 Å². The molecule has 0 aliphatic carbocycles. The van der Waals surface area contributed by atoms with E-state index in [-0.39, 0.29) is 6.54 Å². The number of nitrogens with zero attached hydrogens (tertiary/aromatic N) is 3. The Hall–Kier alpha value is -0.920. The van der Waals surface area contributed by atoms with Crippen molar-refractivity contribution in [1.82, 2.24) is 14.1 Å². The minimum absolute atomic E-state index is 0.232. The van der Waals surface area contributed by atoms with Crippen LogP contribution >= 0.6 is 0 Å². The SMILES string of the molecule is Cc1cc(CN(C)S(N)(=O)=O)n(C)n1. The Labute approximate surface area is 83.5 Å². The number of aryl methyl sites for hydroxylation is 2. The molecular weight excluding hydrogens is 204 g/mol. The third-order valence-electron chi connectivity index (χ3n) is 1.92. The Bertz CT molecular complexity index is 423. The summed E-state index contributed by atoms with van der Waals surface area (Å²) in [5.74, 6) is 0. The molecular formula is C7H14N4O2S. The van der Waals surface area contributed by atoms with E-state index in [1.807, 2.05) is 13.0 Å². The van der Waals surface area contributed by atoms with Crippen LogP contribution in [0.25, 0.3) is 0 Å². The van der Waals surface area contributed by atoms with Crippen LogP contribution in [0.1, 0.15) is 11.4 Å². The Morgan fingerprint density at radius 1 is 1.64 bits per heavy atom. The summed E-state index contributed by atoms with van der Waals surface area (Å²) in [4.78, 5) is 0. The molecule has 0 atom stereocenters. The quantitative estimate of drug-likeness (QED) is 0.733. The summed E-state index contributed by atoms with van der Waals surface area (Å²) in [6, 6.07) is 1.82. The van der Waals surface area contributed by atoms with Crippen LogP contribution in [0.5, 0.6) is 0 Å². The fourth-order valence-electron chi connectivity index (χ4n) is 1.13. The zero-order chi connectivity index (χ0) is 10.9. The van der Waals surface area contributed by atoms with Gasteiger partial charge in [-0.25, -0.2) is 5.14 Å². The summed E-state index contributed by atoms with van der Waals surface area (Å²) in [5, 5.41) is 9.05. The molecule has 0 saturated heterocycles. The lowest BCUT2D eigenvalue weighted by molar-refractivity contribution is 0.454. The van der Waals surface area contributed by atoms with Crippen LogP contribution in [0.2, 0.25) is 0 Å². The highest BCUT2D eigenvalue weighted by molar-refractivity contribution is 7.86. The number of aromatic nitrogens is 2. The van der Waals surface area contributed by atoms with Gasteiger partial charge in [0.15, 0.2) is 0 Å². The van der Waals surface area contributed by atoms with E-state index in [0.717, 1.165) is 15.7 Å². The van der Waals surface area contributed by atoms with Crippen LogP contribution in [0, 0.1) is 6.92 Å². The first-order chi connectivity index (χ1) is 6.30. The topological polar surface area (TPSA) is 81.2 Å². The standard InChI is InChI=1S/C7H14N4O2S/c1-6-4-7(11(3)9-6)5-10(2)14(8,12)13/h4H,5H2,1-3H3,(H2,8,12,13). The Morgan fingerprint density at radius 2 is 2.21 bits per heavy atom. The summed E-state index contributed by atoms with van der Waals surface area (Å²) in [7, 11) is -0.425. The molecule has 80 valence electrons.